The van der Waals surface area contributed by atoms with Gasteiger partial charge >= 0.3 is 0 Å². The predicted octanol–water partition coefficient (Wildman–Crippen LogP) is -0.0203. The van der Waals surface area contributed by atoms with Gasteiger partial charge in [-0.1, -0.05) is 0 Å². The summed E-state index contributed by atoms with van der Waals surface area (Å²) in [6.07, 6.45) is 0. The van der Waals surface area contributed by atoms with Crippen LogP contribution in [-0.2, 0) is 4.79 Å². The van der Waals surface area contributed by atoms with Gasteiger partial charge in [-0.05, 0) is 13.8 Å². The normalized spacial score (nSPS) is 10.2. The molecule has 16 heavy (non-hydrogen) atoms. The van der Waals surface area contributed by atoms with Crippen molar-refractivity contribution < 1.29 is 9.59 Å². The van der Waals surface area contributed by atoms with E-state index >= 15 is 0 Å². The molecule has 1 rings (SSSR count). The molecule has 7 heteroatoms. The number of nitrogens with one attached hydrogen (secondary N) is 2. The summed E-state index contributed by atoms with van der Waals surface area (Å²) in [6.45, 7) is 3.64. The van der Waals surface area contributed by atoms with Crippen LogP contribution in [0.1, 0.15) is 24.3 Å². The van der Waals surface area contributed by atoms with Gasteiger partial charge in [-0.3, -0.25) is 9.59 Å². The molecule has 1 aromatic heterocycles. The van der Waals surface area contributed by atoms with E-state index in [9.17, 15) is 9.59 Å². The molecule has 88 valence electrons. The van der Waals surface area contributed by atoms with Gasteiger partial charge in [0, 0.05) is 11.4 Å². The molecule has 0 aromatic carbocycles. The molecule has 0 aliphatic rings. The summed E-state index contributed by atoms with van der Waals surface area (Å²) in [6, 6.07) is 0.0549. The molecule has 0 spiro atoms. The van der Waals surface area contributed by atoms with Gasteiger partial charge in [-0.2, -0.15) is 0 Å². The number of thiazole rings is 1. The summed E-state index contributed by atoms with van der Waals surface area (Å²) in [5, 5.41) is 6.99. The van der Waals surface area contributed by atoms with Crippen LogP contribution in [0.15, 0.2) is 5.38 Å². The van der Waals surface area contributed by atoms with Crippen LogP contribution in [0.5, 0.6) is 0 Å². The molecule has 2 amide bonds. The lowest BCUT2D eigenvalue weighted by Crippen LogP contribution is -2.39. The molecule has 0 aliphatic carbocycles. The van der Waals surface area contributed by atoms with Crippen molar-refractivity contribution >= 4 is 28.3 Å². The first-order valence-corrected chi connectivity index (χ1v) is 5.65. The Kier molecular flexibility index (Phi) is 4.24. The first-order chi connectivity index (χ1) is 7.49. The number of nitrogens with two attached hydrogens (primary N) is 1. The second kappa shape index (κ2) is 5.45. The molecule has 0 bridgehead atoms. The lowest BCUT2D eigenvalue weighted by Gasteiger charge is -2.08. The molecule has 0 fully saturated rings. The molecule has 0 saturated carbocycles. The van der Waals surface area contributed by atoms with Gasteiger partial charge in [0.2, 0.25) is 5.91 Å². The Balaban J connectivity index is 2.38. The number of hydrogen-bond donors (Lipinski definition) is 3. The minimum absolute atomic E-state index is 0.0549. The van der Waals surface area contributed by atoms with Crippen LogP contribution in [0.4, 0.5) is 5.13 Å². The van der Waals surface area contributed by atoms with Crippen LogP contribution < -0.4 is 16.4 Å². The van der Waals surface area contributed by atoms with Crippen molar-refractivity contribution in [3.05, 3.63) is 11.1 Å². The second-order valence-electron chi connectivity index (χ2n) is 3.48. The molecule has 1 heterocycles. The molecule has 4 N–H and O–H groups in total. The van der Waals surface area contributed by atoms with Crippen molar-refractivity contribution in [1.29, 1.82) is 0 Å². The molecule has 0 aliphatic heterocycles. The van der Waals surface area contributed by atoms with Gasteiger partial charge in [-0.25, -0.2) is 4.98 Å². The average molecular weight is 242 g/mol. The van der Waals surface area contributed by atoms with Crippen LogP contribution in [0.2, 0.25) is 0 Å². The number of anilines is 1. The average Bonchev–Trinajstić information content (AvgIpc) is 2.60. The molecule has 0 unspecified atom stereocenters. The summed E-state index contributed by atoms with van der Waals surface area (Å²) in [5.74, 6) is -0.626. The van der Waals surface area contributed by atoms with E-state index in [-0.39, 0.29) is 24.2 Å². The fraction of sp³-hybridized carbons (Fsp3) is 0.444. The zero-order valence-corrected chi connectivity index (χ0v) is 9.93. The van der Waals surface area contributed by atoms with Crippen LogP contribution >= 0.6 is 11.3 Å². The van der Waals surface area contributed by atoms with Crippen LogP contribution in [0, 0.1) is 0 Å². The zero-order chi connectivity index (χ0) is 12.1. The monoisotopic (exact) mass is 242 g/mol. The lowest BCUT2D eigenvalue weighted by molar-refractivity contribution is -0.120. The molecule has 0 saturated heterocycles. The predicted molar refractivity (Wildman–Crippen MR) is 62.1 cm³/mol. The fourth-order valence-corrected chi connectivity index (χ4v) is 1.56. The van der Waals surface area contributed by atoms with Crippen molar-refractivity contribution in [3.8, 4) is 0 Å². The second-order valence-corrected chi connectivity index (χ2v) is 4.37. The van der Waals surface area contributed by atoms with E-state index in [1.54, 1.807) is 5.38 Å². The van der Waals surface area contributed by atoms with E-state index in [0.29, 0.717) is 5.13 Å². The number of nitrogen functional groups attached to an aromatic ring is 1. The van der Waals surface area contributed by atoms with Crippen LogP contribution in [-0.4, -0.2) is 29.4 Å². The summed E-state index contributed by atoms with van der Waals surface area (Å²) in [4.78, 5) is 26.5. The summed E-state index contributed by atoms with van der Waals surface area (Å²) < 4.78 is 0. The van der Waals surface area contributed by atoms with E-state index in [0.717, 1.165) is 0 Å². The minimum Gasteiger partial charge on any atom is -0.375 e. The van der Waals surface area contributed by atoms with Gasteiger partial charge in [0.25, 0.3) is 5.91 Å². The highest BCUT2D eigenvalue weighted by molar-refractivity contribution is 7.13. The molecular formula is C9H14N4O2S. The van der Waals surface area contributed by atoms with Crippen molar-refractivity contribution in [3.63, 3.8) is 0 Å². The maximum Gasteiger partial charge on any atom is 0.271 e. The number of carbonyl (C=O) groups excluding carboxylic acids is 2. The third-order valence-electron chi connectivity index (χ3n) is 1.61. The minimum atomic E-state index is -0.396. The van der Waals surface area contributed by atoms with Gasteiger partial charge in [0.1, 0.15) is 5.69 Å². The number of aromatic nitrogens is 1. The number of amides is 2. The topological polar surface area (TPSA) is 97.1 Å². The summed E-state index contributed by atoms with van der Waals surface area (Å²) in [7, 11) is 0. The summed E-state index contributed by atoms with van der Waals surface area (Å²) >= 11 is 1.18. The third-order valence-corrected chi connectivity index (χ3v) is 2.29. The van der Waals surface area contributed by atoms with Crippen molar-refractivity contribution in [2.24, 2.45) is 0 Å². The molecular weight excluding hydrogens is 228 g/mol. The lowest BCUT2D eigenvalue weighted by atomic mass is 10.4. The van der Waals surface area contributed by atoms with E-state index in [2.05, 4.69) is 15.6 Å². The number of hydrogen-bond acceptors (Lipinski definition) is 5. The number of carbonyl (C=O) groups is 2. The first kappa shape index (κ1) is 12.4. The van der Waals surface area contributed by atoms with Gasteiger partial charge < -0.3 is 16.4 Å². The number of nitrogens with zero attached hydrogens (tertiary/aromatic N) is 1. The Labute approximate surface area is 97.2 Å². The molecule has 1 aromatic rings. The third kappa shape index (κ3) is 3.85. The van der Waals surface area contributed by atoms with Gasteiger partial charge in [0.15, 0.2) is 5.13 Å². The quantitative estimate of drug-likeness (QED) is 0.691. The fourth-order valence-electron chi connectivity index (χ4n) is 1.02. The Morgan fingerprint density at radius 1 is 1.56 bits per heavy atom. The summed E-state index contributed by atoms with van der Waals surface area (Å²) in [5.41, 5.74) is 5.62. The molecule has 0 radical (unpaired) electrons. The van der Waals surface area contributed by atoms with Crippen LogP contribution in [0.25, 0.3) is 0 Å². The van der Waals surface area contributed by atoms with Gasteiger partial charge in [0.05, 0.1) is 6.54 Å². The van der Waals surface area contributed by atoms with Crippen LogP contribution in [0.3, 0.4) is 0 Å². The van der Waals surface area contributed by atoms with Gasteiger partial charge in [-0.15, -0.1) is 11.3 Å². The smallest absolute Gasteiger partial charge is 0.271 e. The Bertz CT molecular complexity index is 389. The van der Waals surface area contributed by atoms with E-state index < -0.39 is 5.91 Å². The highest BCUT2D eigenvalue weighted by Gasteiger charge is 2.11. The van der Waals surface area contributed by atoms with E-state index in [1.807, 2.05) is 13.8 Å². The maximum atomic E-state index is 11.4. The van der Waals surface area contributed by atoms with E-state index in [1.165, 1.54) is 11.3 Å². The Hall–Kier alpha value is -1.63. The molecule has 0 atom stereocenters. The van der Waals surface area contributed by atoms with Crippen molar-refractivity contribution in [2.75, 3.05) is 12.3 Å². The largest absolute Gasteiger partial charge is 0.375 e. The van der Waals surface area contributed by atoms with E-state index in [4.69, 9.17) is 5.73 Å². The maximum absolute atomic E-state index is 11.4. The Morgan fingerprint density at radius 3 is 2.75 bits per heavy atom. The molecule has 6 nitrogen and oxygen atoms in total. The zero-order valence-electron chi connectivity index (χ0n) is 9.11. The van der Waals surface area contributed by atoms with Crippen molar-refractivity contribution in [1.82, 2.24) is 15.6 Å². The SMILES string of the molecule is CC(C)NC(=O)CNC(=O)c1csc(N)n1. The van der Waals surface area contributed by atoms with Crippen molar-refractivity contribution in [2.45, 2.75) is 19.9 Å². The Morgan fingerprint density at radius 2 is 2.25 bits per heavy atom. The highest BCUT2D eigenvalue weighted by atomic mass is 32.1. The number of rotatable bonds is 4. The first-order valence-electron chi connectivity index (χ1n) is 4.77. The standard InChI is InChI=1S/C9H14N4O2S/c1-5(2)12-7(14)3-11-8(15)6-4-16-9(10)13-6/h4-5H,3H2,1-2H3,(H2,10,13)(H,11,15)(H,12,14). The highest BCUT2D eigenvalue weighted by Crippen LogP contribution is 2.10.